The third-order valence-corrected chi connectivity index (χ3v) is 3.62. The van der Waals surface area contributed by atoms with E-state index in [1.807, 2.05) is 20.8 Å². The second kappa shape index (κ2) is 6.04. The Morgan fingerprint density at radius 3 is 2.68 bits per heavy atom. The van der Waals surface area contributed by atoms with Crippen molar-refractivity contribution in [2.75, 3.05) is 13.7 Å². The van der Waals surface area contributed by atoms with Crippen LogP contribution < -0.4 is 10.5 Å². The highest BCUT2D eigenvalue weighted by Gasteiger charge is 2.38. The number of phenolic OH excluding ortho intramolecular Hbond substituents is 1. The van der Waals surface area contributed by atoms with Crippen molar-refractivity contribution in [3.05, 3.63) is 23.8 Å². The average molecular weight is 308 g/mol. The van der Waals surface area contributed by atoms with E-state index in [0.29, 0.717) is 18.7 Å². The molecule has 1 saturated heterocycles. The molecule has 122 valence electrons. The fraction of sp³-hybridized carbons (Fsp3) is 0.562. The smallest absolute Gasteiger partial charge is 0.410 e. The van der Waals surface area contributed by atoms with Crippen molar-refractivity contribution in [2.45, 2.75) is 44.9 Å². The number of benzene rings is 1. The largest absolute Gasteiger partial charge is 0.504 e. The first-order valence-corrected chi connectivity index (χ1v) is 7.35. The van der Waals surface area contributed by atoms with Crippen LogP contribution in [0.25, 0.3) is 0 Å². The minimum atomic E-state index is -0.555. The fourth-order valence-electron chi connectivity index (χ4n) is 2.65. The summed E-state index contributed by atoms with van der Waals surface area (Å²) in [4.78, 5) is 14.0. The van der Waals surface area contributed by atoms with Crippen LogP contribution in [0.1, 0.15) is 38.8 Å². The molecule has 0 aliphatic carbocycles. The molecule has 1 amide bonds. The van der Waals surface area contributed by atoms with Crippen LogP contribution in [0.2, 0.25) is 0 Å². The van der Waals surface area contributed by atoms with Gasteiger partial charge in [-0.2, -0.15) is 0 Å². The molecule has 0 aromatic heterocycles. The van der Waals surface area contributed by atoms with Gasteiger partial charge in [-0.15, -0.1) is 0 Å². The SMILES string of the molecule is COc1cc([C@@H]2[C@H](N)CCN2C(=O)OC(C)(C)C)ccc1O. The monoisotopic (exact) mass is 308 g/mol. The van der Waals surface area contributed by atoms with E-state index < -0.39 is 5.60 Å². The van der Waals surface area contributed by atoms with Crippen molar-refractivity contribution in [3.63, 3.8) is 0 Å². The Kier molecular flexibility index (Phi) is 4.51. The number of carbonyl (C=O) groups is 1. The van der Waals surface area contributed by atoms with Crippen LogP contribution in [-0.4, -0.2) is 41.4 Å². The summed E-state index contributed by atoms with van der Waals surface area (Å²) in [5, 5.41) is 9.71. The van der Waals surface area contributed by atoms with Crippen molar-refractivity contribution in [1.82, 2.24) is 4.90 Å². The lowest BCUT2D eigenvalue weighted by Gasteiger charge is -2.30. The van der Waals surface area contributed by atoms with Crippen LogP contribution in [0.4, 0.5) is 4.79 Å². The molecule has 1 aliphatic rings. The van der Waals surface area contributed by atoms with E-state index in [2.05, 4.69) is 0 Å². The number of nitrogens with zero attached hydrogens (tertiary/aromatic N) is 1. The number of hydrogen-bond acceptors (Lipinski definition) is 5. The minimum Gasteiger partial charge on any atom is -0.504 e. The summed E-state index contributed by atoms with van der Waals surface area (Å²) in [5.74, 6) is 0.419. The van der Waals surface area contributed by atoms with Gasteiger partial charge in [-0.25, -0.2) is 4.79 Å². The van der Waals surface area contributed by atoms with Gasteiger partial charge < -0.3 is 20.3 Å². The van der Waals surface area contributed by atoms with Crippen LogP contribution in [0.3, 0.4) is 0 Å². The summed E-state index contributed by atoms with van der Waals surface area (Å²) < 4.78 is 10.6. The lowest BCUT2D eigenvalue weighted by atomic mass is 10.0. The number of phenols is 1. The van der Waals surface area contributed by atoms with E-state index in [4.69, 9.17) is 15.2 Å². The molecule has 1 heterocycles. The first-order chi connectivity index (χ1) is 10.2. The zero-order chi connectivity index (χ0) is 16.5. The van der Waals surface area contributed by atoms with Gasteiger partial charge in [0, 0.05) is 12.6 Å². The van der Waals surface area contributed by atoms with Crippen LogP contribution >= 0.6 is 0 Å². The van der Waals surface area contributed by atoms with Crippen molar-refractivity contribution in [1.29, 1.82) is 0 Å². The Labute approximate surface area is 130 Å². The first kappa shape index (κ1) is 16.4. The minimum absolute atomic E-state index is 0.0571. The van der Waals surface area contributed by atoms with Crippen LogP contribution in [-0.2, 0) is 4.74 Å². The number of aromatic hydroxyl groups is 1. The molecule has 0 spiro atoms. The maximum atomic E-state index is 12.4. The van der Waals surface area contributed by atoms with E-state index in [0.717, 1.165) is 5.56 Å². The maximum absolute atomic E-state index is 12.4. The van der Waals surface area contributed by atoms with Gasteiger partial charge >= 0.3 is 6.09 Å². The number of carbonyl (C=O) groups excluding carboxylic acids is 1. The summed E-state index contributed by atoms with van der Waals surface area (Å²) in [5.41, 5.74) is 6.45. The van der Waals surface area contributed by atoms with E-state index in [9.17, 15) is 9.90 Å². The molecule has 2 rings (SSSR count). The standard InChI is InChI=1S/C16H24N2O4/c1-16(2,3)22-15(20)18-8-7-11(17)14(18)10-5-6-12(19)13(9-10)21-4/h5-6,9,11,14,19H,7-8,17H2,1-4H3/t11-,14-/m1/s1. The fourth-order valence-corrected chi connectivity index (χ4v) is 2.65. The van der Waals surface area contributed by atoms with E-state index in [1.165, 1.54) is 7.11 Å². The number of methoxy groups -OCH3 is 1. The Bertz CT molecular complexity index is 554. The Morgan fingerprint density at radius 1 is 1.41 bits per heavy atom. The van der Waals surface area contributed by atoms with Crippen molar-refractivity contribution in [3.8, 4) is 11.5 Å². The Hall–Kier alpha value is -1.95. The van der Waals surface area contributed by atoms with Gasteiger partial charge in [0.25, 0.3) is 0 Å². The molecular formula is C16H24N2O4. The maximum Gasteiger partial charge on any atom is 0.410 e. The molecule has 0 radical (unpaired) electrons. The summed E-state index contributed by atoms with van der Waals surface area (Å²) in [6, 6.07) is 4.55. The highest BCUT2D eigenvalue weighted by atomic mass is 16.6. The van der Waals surface area contributed by atoms with Crippen LogP contribution in [0.15, 0.2) is 18.2 Å². The van der Waals surface area contributed by atoms with Gasteiger partial charge in [-0.1, -0.05) is 6.07 Å². The molecule has 22 heavy (non-hydrogen) atoms. The quantitative estimate of drug-likeness (QED) is 0.876. The molecule has 3 N–H and O–H groups in total. The predicted octanol–water partition coefficient (Wildman–Crippen LogP) is 2.41. The highest BCUT2D eigenvalue weighted by Crippen LogP contribution is 2.36. The molecule has 1 aromatic carbocycles. The number of likely N-dealkylation sites (tertiary alicyclic amines) is 1. The van der Waals surface area contributed by atoms with Gasteiger partial charge in [0.1, 0.15) is 5.60 Å². The zero-order valence-corrected chi connectivity index (χ0v) is 13.5. The van der Waals surface area contributed by atoms with Crippen molar-refractivity contribution < 1.29 is 19.4 Å². The van der Waals surface area contributed by atoms with E-state index >= 15 is 0 Å². The second-order valence-electron chi connectivity index (χ2n) is 6.50. The van der Waals surface area contributed by atoms with Gasteiger partial charge in [0.15, 0.2) is 11.5 Å². The molecule has 1 aliphatic heterocycles. The normalized spacial score (nSPS) is 21.8. The van der Waals surface area contributed by atoms with Gasteiger partial charge in [-0.05, 0) is 44.9 Å². The lowest BCUT2D eigenvalue weighted by molar-refractivity contribution is 0.0218. The number of ether oxygens (including phenoxy) is 2. The summed E-state index contributed by atoms with van der Waals surface area (Å²) in [7, 11) is 1.49. The van der Waals surface area contributed by atoms with Crippen LogP contribution in [0, 0.1) is 0 Å². The van der Waals surface area contributed by atoms with Gasteiger partial charge in [0.2, 0.25) is 0 Å². The average Bonchev–Trinajstić information content (AvgIpc) is 2.79. The second-order valence-corrected chi connectivity index (χ2v) is 6.50. The molecular weight excluding hydrogens is 284 g/mol. The molecule has 1 fully saturated rings. The van der Waals surface area contributed by atoms with Crippen molar-refractivity contribution >= 4 is 6.09 Å². The summed E-state index contributed by atoms with van der Waals surface area (Å²) in [6.45, 7) is 6.04. The predicted molar refractivity (Wildman–Crippen MR) is 82.9 cm³/mol. The number of nitrogens with two attached hydrogens (primary N) is 1. The van der Waals surface area contributed by atoms with Crippen LogP contribution in [0.5, 0.6) is 11.5 Å². The Morgan fingerprint density at radius 2 is 2.09 bits per heavy atom. The molecule has 1 aromatic rings. The number of rotatable bonds is 2. The molecule has 0 saturated carbocycles. The summed E-state index contributed by atoms with van der Waals surface area (Å²) in [6.07, 6.45) is 0.324. The number of hydrogen-bond donors (Lipinski definition) is 2. The molecule has 6 heteroatoms. The topological polar surface area (TPSA) is 85.0 Å². The third kappa shape index (κ3) is 3.44. The van der Waals surface area contributed by atoms with Gasteiger partial charge in [0.05, 0.1) is 13.2 Å². The van der Waals surface area contributed by atoms with E-state index in [-0.39, 0.29) is 23.9 Å². The number of amides is 1. The highest BCUT2D eigenvalue weighted by molar-refractivity contribution is 5.69. The molecule has 2 atom stereocenters. The zero-order valence-electron chi connectivity index (χ0n) is 13.5. The van der Waals surface area contributed by atoms with Gasteiger partial charge in [-0.3, -0.25) is 4.90 Å². The molecule has 0 unspecified atom stereocenters. The third-order valence-electron chi connectivity index (χ3n) is 3.62. The molecule has 0 bridgehead atoms. The molecule has 6 nitrogen and oxygen atoms in total. The summed E-state index contributed by atoms with van der Waals surface area (Å²) >= 11 is 0. The lowest BCUT2D eigenvalue weighted by Crippen LogP contribution is -2.39. The van der Waals surface area contributed by atoms with Crippen molar-refractivity contribution in [2.24, 2.45) is 5.73 Å². The van der Waals surface area contributed by atoms with E-state index in [1.54, 1.807) is 23.1 Å². The first-order valence-electron chi connectivity index (χ1n) is 7.35. The Balaban J connectivity index is 2.28.